The van der Waals surface area contributed by atoms with Gasteiger partial charge in [-0.1, -0.05) is 42.6 Å². The summed E-state index contributed by atoms with van der Waals surface area (Å²) in [5.41, 5.74) is 0.943. The summed E-state index contributed by atoms with van der Waals surface area (Å²) in [4.78, 5) is 15.9. The number of halogens is 2. The molecular weight excluding hydrogens is 311 g/mol. The fourth-order valence-electron chi connectivity index (χ4n) is 2.04. The zero-order chi connectivity index (χ0) is 15.2. The van der Waals surface area contributed by atoms with Crippen molar-refractivity contribution < 1.29 is 4.79 Å². The molecule has 0 unspecified atom stereocenters. The van der Waals surface area contributed by atoms with E-state index in [9.17, 15) is 4.79 Å². The first-order valence-electron chi connectivity index (χ1n) is 6.67. The fraction of sp³-hybridized carbons (Fsp3) is 0.357. The quantitative estimate of drug-likeness (QED) is 0.886. The van der Waals surface area contributed by atoms with Crippen molar-refractivity contribution in [3.63, 3.8) is 0 Å². The molecule has 2 rings (SSSR count). The summed E-state index contributed by atoms with van der Waals surface area (Å²) in [6.45, 7) is 2.20. The minimum absolute atomic E-state index is 0.0965. The van der Waals surface area contributed by atoms with Crippen LogP contribution in [0.25, 0.3) is 0 Å². The van der Waals surface area contributed by atoms with Crippen LogP contribution in [0.2, 0.25) is 10.0 Å². The average molecular weight is 327 g/mol. The van der Waals surface area contributed by atoms with E-state index in [1.54, 1.807) is 12.1 Å². The number of nitrogens with one attached hydrogen (secondary N) is 1. The van der Waals surface area contributed by atoms with Gasteiger partial charge in [-0.05, 0) is 24.1 Å². The number of amides is 1. The van der Waals surface area contributed by atoms with Gasteiger partial charge in [0.15, 0.2) is 0 Å². The Kier molecular flexibility index (Phi) is 5.59. The molecule has 112 valence electrons. The third-order valence-electron chi connectivity index (χ3n) is 3.03. The van der Waals surface area contributed by atoms with Crippen molar-refractivity contribution in [1.82, 2.24) is 20.1 Å². The number of rotatable bonds is 6. The lowest BCUT2D eigenvalue weighted by Crippen LogP contribution is -2.31. The zero-order valence-electron chi connectivity index (χ0n) is 11.6. The topological polar surface area (TPSA) is 59.8 Å². The first-order chi connectivity index (χ1) is 10.1. The number of carbonyl (C=O) groups is 1. The van der Waals surface area contributed by atoms with Crippen LogP contribution in [-0.4, -0.2) is 20.7 Å². The van der Waals surface area contributed by atoms with E-state index in [1.807, 2.05) is 6.07 Å². The Hall–Kier alpha value is -1.59. The standard InChI is InChI=1S/C14H16Cl2N4O/c1-2-3-13(10-4-5-11(15)12(16)6-10)19-14(21)7-20-9-17-8-18-20/h4-6,8-9,13H,2-3,7H2,1H3,(H,19,21)/t13-/m0/s1. The molecule has 21 heavy (non-hydrogen) atoms. The largest absolute Gasteiger partial charge is 0.348 e. The van der Waals surface area contributed by atoms with E-state index in [0.717, 1.165) is 18.4 Å². The zero-order valence-corrected chi connectivity index (χ0v) is 13.1. The maximum atomic E-state index is 12.1. The summed E-state index contributed by atoms with van der Waals surface area (Å²) in [7, 11) is 0. The second kappa shape index (κ2) is 7.43. The predicted octanol–water partition coefficient (Wildman–Crippen LogP) is 3.24. The number of hydrogen-bond donors (Lipinski definition) is 1. The molecule has 1 amide bonds. The summed E-state index contributed by atoms with van der Waals surface area (Å²) in [5.74, 6) is -0.120. The predicted molar refractivity (Wildman–Crippen MR) is 82.3 cm³/mol. The lowest BCUT2D eigenvalue weighted by molar-refractivity contribution is -0.122. The lowest BCUT2D eigenvalue weighted by Gasteiger charge is -2.19. The van der Waals surface area contributed by atoms with Gasteiger partial charge in [0.1, 0.15) is 19.2 Å². The second-order valence-electron chi connectivity index (χ2n) is 4.68. The molecule has 0 spiro atoms. The molecule has 0 aliphatic carbocycles. The maximum Gasteiger partial charge on any atom is 0.242 e. The van der Waals surface area contributed by atoms with Crippen LogP contribution in [0.4, 0.5) is 0 Å². The van der Waals surface area contributed by atoms with E-state index in [4.69, 9.17) is 23.2 Å². The van der Waals surface area contributed by atoms with Crippen LogP contribution in [-0.2, 0) is 11.3 Å². The highest BCUT2D eigenvalue weighted by Crippen LogP contribution is 2.27. The second-order valence-corrected chi connectivity index (χ2v) is 5.49. The molecule has 1 aromatic carbocycles. The molecule has 1 atom stereocenters. The number of aromatic nitrogens is 3. The van der Waals surface area contributed by atoms with Gasteiger partial charge in [0.05, 0.1) is 16.1 Å². The molecule has 0 aliphatic heterocycles. The van der Waals surface area contributed by atoms with Crippen molar-refractivity contribution >= 4 is 29.1 Å². The molecule has 1 heterocycles. The number of benzene rings is 1. The maximum absolute atomic E-state index is 12.1. The fourth-order valence-corrected chi connectivity index (χ4v) is 2.35. The summed E-state index contributed by atoms with van der Waals surface area (Å²) in [6.07, 6.45) is 4.67. The minimum Gasteiger partial charge on any atom is -0.348 e. The van der Waals surface area contributed by atoms with Crippen LogP contribution in [0.1, 0.15) is 31.4 Å². The van der Waals surface area contributed by atoms with Crippen molar-refractivity contribution in [2.24, 2.45) is 0 Å². The van der Waals surface area contributed by atoms with Gasteiger partial charge in [-0.2, -0.15) is 5.10 Å². The highest BCUT2D eigenvalue weighted by Gasteiger charge is 2.15. The van der Waals surface area contributed by atoms with Crippen molar-refractivity contribution in [2.75, 3.05) is 0 Å². The number of hydrogen-bond acceptors (Lipinski definition) is 3. The highest BCUT2D eigenvalue weighted by atomic mass is 35.5. The molecule has 0 radical (unpaired) electrons. The smallest absolute Gasteiger partial charge is 0.242 e. The Balaban J connectivity index is 2.07. The molecule has 1 aromatic heterocycles. The average Bonchev–Trinajstić information content (AvgIpc) is 2.94. The van der Waals surface area contributed by atoms with E-state index in [-0.39, 0.29) is 18.5 Å². The van der Waals surface area contributed by atoms with Crippen molar-refractivity contribution in [3.05, 3.63) is 46.5 Å². The van der Waals surface area contributed by atoms with Gasteiger partial charge in [0.25, 0.3) is 0 Å². The van der Waals surface area contributed by atoms with Gasteiger partial charge in [-0.3, -0.25) is 4.79 Å². The normalized spacial score (nSPS) is 12.1. The Morgan fingerprint density at radius 3 is 2.81 bits per heavy atom. The SMILES string of the molecule is CCC[C@H](NC(=O)Cn1cncn1)c1ccc(Cl)c(Cl)c1. The Labute approximate surface area is 133 Å². The third kappa shape index (κ3) is 4.44. The van der Waals surface area contributed by atoms with E-state index in [0.29, 0.717) is 10.0 Å². The third-order valence-corrected chi connectivity index (χ3v) is 3.77. The Morgan fingerprint density at radius 2 is 2.19 bits per heavy atom. The van der Waals surface area contributed by atoms with Crippen molar-refractivity contribution in [3.8, 4) is 0 Å². The molecule has 7 heteroatoms. The molecule has 2 aromatic rings. The molecule has 0 aliphatic rings. The van der Waals surface area contributed by atoms with Gasteiger partial charge in [0, 0.05) is 0 Å². The number of carbonyl (C=O) groups excluding carboxylic acids is 1. The van der Waals surface area contributed by atoms with Gasteiger partial charge in [-0.15, -0.1) is 0 Å². The first-order valence-corrected chi connectivity index (χ1v) is 7.42. The Bertz CT molecular complexity index is 601. The molecular formula is C14H16Cl2N4O. The van der Waals surface area contributed by atoms with Crippen LogP contribution >= 0.6 is 23.2 Å². The van der Waals surface area contributed by atoms with E-state index >= 15 is 0 Å². The molecule has 0 saturated heterocycles. The van der Waals surface area contributed by atoms with Gasteiger partial charge < -0.3 is 5.32 Å². The van der Waals surface area contributed by atoms with E-state index in [1.165, 1.54) is 17.3 Å². The Morgan fingerprint density at radius 1 is 1.38 bits per heavy atom. The van der Waals surface area contributed by atoms with Crippen LogP contribution in [0.15, 0.2) is 30.9 Å². The molecule has 5 nitrogen and oxygen atoms in total. The summed E-state index contributed by atoms with van der Waals surface area (Å²) < 4.78 is 1.48. The summed E-state index contributed by atoms with van der Waals surface area (Å²) >= 11 is 12.0. The number of nitrogens with zero attached hydrogens (tertiary/aromatic N) is 3. The van der Waals surface area contributed by atoms with E-state index < -0.39 is 0 Å². The minimum atomic E-state index is -0.120. The summed E-state index contributed by atoms with van der Waals surface area (Å²) in [6, 6.07) is 5.32. The molecule has 1 N–H and O–H groups in total. The monoisotopic (exact) mass is 326 g/mol. The van der Waals surface area contributed by atoms with Gasteiger partial charge in [-0.25, -0.2) is 9.67 Å². The molecule has 0 bridgehead atoms. The van der Waals surface area contributed by atoms with Gasteiger partial charge >= 0.3 is 0 Å². The summed E-state index contributed by atoms with van der Waals surface area (Å²) in [5, 5.41) is 7.90. The van der Waals surface area contributed by atoms with Crippen LogP contribution in [0.5, 0.6) is 0 Å². The molecule has 0 saturated carbocycles. The van der Waals surface area contributed by atoms with Crippen LogP contribution in [0.3, 0.4) is 0 Å². The molecule has 0 fully saturated rings. The highest BCUT2D eigenvalue weighted by molar-refractivity contribution is 6.42. The van der Waals surface area contributed by atoms with Gasteiger partial charge in [0.2, 0.25) is 5.91 Å². The van der Waals surface area contributed by atoms with E-state index in [2.05, 4.69) is 22.3 Å². The van der Waals surface area contributed by atoms with Crippen molar-refractivity contribution in [2.45, 2.75) is 32.4 Å². The lowest BCUT2D eigenvalue weighted by atomic mass is 10.0. The van der Waals surface area contributed by atoms with Crippen molar-refractivity contribution in [1.29, 1.82) is 0 Å². The van der Waals surface area contributed by atoms with Crippen LogP contribution in [0, 0.1) is 0 Å². The van der Waals surface area contributed by atoms with Crippen LogP contribution < -0.4 is 5.32 Å². The first kappa shape index (κ1) is 15.8.